The minimum absolute atomic E-state index is 0.0607. The van der Waals surface area contributed by atoms with E-state index in [1.54, 1.807) is 31.2 Å². The normalized spacial score (nSPS) is 16.5. The van der Waals surface area contributed by atoms with Gasteiger partial charge in [0, 0.05) is 24.7 Å². The minimum atomic E-state index is -3.16. The van der Waals surface area contributed by atoms with E-state index in [0.29, 0.717) is 31.5 Å². The van der Waals surface area contributed by atoms with Crippen LogP contribution in [0.4, 0.5) is 0 Å². The van der Waals surface area contributed by atoms with E-state index in [4.69, 9.17) is 0 Å². The third-order valence-corrected chi connectivity index (χ3v) is 5.90. The standard InChI is InChI=1S/C16H23N3O4S/c1-2-24(22,23)19-10-8-14(9-11-19)18-15(20)12-17-16(21)13-6-4-3-5-7-13/h3-7,14H,2,8-12H2,1H3,(H,17,21)(H,18,20). The molecule has 0 aliphatic carbocycles. The molecule has 1 aliphatic heterocycles. The Balaban J connectivity index is 1.73. The number of carbonyl (C=O) groups is 2. The summed E-state index contributed by atoms with van der Waals surface area (Å²) in [6.07, 6.45) is 1.16. The Hall–Kier alpha value is -1.93. The van der Waals surface area contributed by atoms with E-state index in [0.717, 1.165) is 0 Å². The Morgan fingerprint density at radius 2 is 1.79 bits per heavy atom. The fraction of sp³-hybridized carbons (Fsp3) is 0.500. The van der Waals surface area contributed by atoms with Gasteiger partial charge < -0.3 is 10.6 Å². The summed E-state index contributed by atoms with van der Waals surface area (Å²) in [6.45, 7) is 2.36. The number of nitrogens with zero attached hydrogens (tertiary/aromatic N) is 1. The number of nitrogens with one attached hydrogen (secondary N) is 2. The molecule has 1 aliphatic rings. The number of hydrogen-bond acceptors (Lipinski definition) is 4. The molecule has 2 rings (SSSR count). The molecule has 7 nitrogen and oxygen atoms in total. The molecule has 0 radical (unpaired) electrons. The van der Waals surface area contributed by atoms with Gasteiger partial charge in [-0.25, -0.2) is 12.7 Å². The molecule has 1 heterocycles. The molecule has 0 spiro atoms. The summed E-state index contributed by atoms with van der Waals surface area (Å²) < 4.78 is 25.0. The van der Waals surface area contributed by atoms with Crippen LogP contribution >= 0.6 is 0 Å². The zero-order chi connectivity index (χ0) is 17.6. The van der Waals surface area contributed by atoms with Gasteiger partial charge in [0.15, 0.2) is 0 Å². The summed E-state index contributed by atoms with van der Waals surface area (Å²) in [7, 11) is -3.16. The molecular weight excluding hydrogens is 330 g/mol. The number of amides is 2. The Kier molecular flexibility index (Phi) is 6.33. The van der Waals surface area contributed by atoms with Crippen LogP contribution in [0.25, 0.3) is 0 Å². The van der Waals surface area contributed by atoms with Crippen molar-refractivity contribution in [3.8, 4) is 0 Å². The number of carbonyl (C=O) groups excluding carboxylic acids is 2. The van der Waals surface area contributed by atoms with Crippen LogP contribution in [-0.4, -0.2) is 56.0 Å². The Morgan fingerprint density at radius 1 is 1.17 bits per heavy atom. The highest BCUT2D eigenvalue weighted by Gasteiger charge is 2.27. The van der Waals surface area contributed by atoms with Gasteiger partial charge in [-0.2, -0.15) is 0 Å². The van der Waals surface area contributed by atoms with E-state index >= 15 is 0 Å². The number of rotatable bonds is 6. The third kappa shape index (κ3) is 5.04. The van der Waals surface area contributed by atoms with Crippen molar-refractivity contribution < 1.29 is 18.0 Å². The van der Waals surface area contributed by atoms with Crippen LogP contribution in [0.15, 0.2) is 30.3 Å². The topological polar surface area (TPSA) is 95.6 Å². The van der Waals surface area contributed by atoms with E-state index in [1.807, 2.05) is 6.07 Å². The smallest absolute Gasteiger partial charge is 0.251 e. The highest BCUT2D eigenvalue weighted by atomic mass is 32.2. The molecule has 2 amide bonds. The van der Waals surface area contributed by atoms with Crippen molar-refractivity contribution in [1.29, 1.82) is 0 Å². The minimum Gasteiger partial charge on any atom is -0.352 e. The van der Waals surface area contributed by atoms with Crippen molar-refractivity contribution in [3.05, 3.63) is 35.9 Å². The van der Waals surface area contributed by atoms with Crippen molar-refractivity contribution in [1.82, 2.24) is 14.9 Å². The third-order valence-electron chi connectivity index (χ3n) is 4.02. The van der Waals surface area contributed by atoms with Crippen molar-refractivity contribution in [3.63, 3.8) is 0 Å². The van der Waals surface area contributed by atoms with Gasteiger partial charge in [-0.05, 0) is 31.9 Å². The Bertz CT molecular complexity index is 668. The molecule has 0 atom stereocenters. The lowest BCUT2D eigenvalue weighted by Gasteiger charge is -2.31. The number of sulfonamides is 1. The van der Waals surface area contributed by atoms with Gasteiger partial charge in [-0.15, -0.1) is 0 Å². The molecule has 0 saturated carbocycles. The van der Waals surface area contributed by atoms with Gasteiger partial charge in [-0.1, -0.05) is 18.2 Å². The molecule has 132 valence electrons. The van der Waals surface area contributed by atoms with Crippen LogP contribution in [0, 0.1) is 0 Å². The molecule has 1 aromatic carbocycles. The second kappa shape index (κ2) is 8.25. The average Bonchev–Trinajstić information content (AvgIpc) is 2.61. The van der Waals surface area contributed by atoms with Crippen LogP contribution < -0.4 is 10.6 Å². The summed E-state index contributed by atoms with van der Waals surface area (Å²) in [5, 5.41) is 5.41. The predicted molar refractivity (Wildman–Crippen MR) is 91.0 cm³/mol. The Labute approximate surface area is 142 Å². The van der Waals surface area contributed by atoms with Crippen molar-refractivity contribution in [2.75, 3.05) is 25.4 Å². The molecule has 1 aromatic rings. The molecule has 8 heteroatoms. The molecule has 2 N–H and O–H groups in total. The molecule has 0 aromatic heterocycles. The lowest BCUT2D eigenvalue weighted by Crippen LogP contribution is -2.48. The van der Waals surface area contributed by atoms with E-state index < -0.39 is 10.0 Å². The van der Waals surface area contributed by atoms with Crippen LogP contribution in [0.3, 0.4) is 0 Å². The van der Waals surface area contributed by atoms with Gasteiger partial charge in [0.05, 0.1) is 12.3 Å². The number of hydrogen-bond donors (Lipinski definition) is 2. The molecular formula is C16H23N3O4S. The molecule has 0 bridgehead atoms. The largest absolute Gasteiger partial charge is 0.352 e. The van der Waals surface area contributed by atoms with Gasteiger partial charge in [0.2, 0.25) is 15.9 Å². The van der Waals surface area contributed by atoms with E-state index in [1.165, 1.54) is 4.31 Å². The first kappa shape index (κ1) is 18.4. The highest BCUT2D eigenvalue weighted by Crippen LogP contribution is 2.14. The fourth-order valence-corrected chi connectivity index (χ4v) is 3.72. The van der Waals surface area contributed by atoms with Crippen LogP contribution in [-0.2, 0) is 14.8 Å². The van der Waals surface area contributed by atoms with Crippen molar-refractivity contribution in [2.24, 2.45) is 0 Å². The first-order chi connectivity index (χ1) is 11.4. The lowest BCUT2D eigenvalue weighted by molar-refractivity contribution is -0.121. The maximum Gasteiger partial charge on any atom is 0.251 e. The lowest BCUT2D eigenvalue weighted by atomic mass is 10.1. The first-order valence-corrected chi connectivity index (χ1v) is 9.63. The van der Waals surface area contributed by atoms with Crippen molar-refractivity contribution >= 4 is 21.8 Å². The Morgan fingerprint density at radius 3 is 2.38 bits per heavy atom. The predicted octanol–water partition coefficient (Wildman–Crippen LogP) is 0.347. The summed E-state index contributed by atoms with van der Waals surface area (Å²) in [5.41, 5.74) is 0.503. The monoisotopic (exact) mass is 353 g/mol. The number of benzene rings is 1. The van der Waals surface area contributed by atoms with Crippen LogP contribution in [0.5, 0.6) is 0 Å². The van der Waals surface area contributed by atoms with Gasteiger partial charge in [0.25, 0.3) is 5.91 Å². The van der Waals surface area contributed by atoms with Crippen LogP contribution in [0.1, 0.15) is 30.1 Å². The first-order valence-electron chi connectivity index (χ1n) is 8.03. The molecule has 24 heavy (non-hydrogen) atoms. The van der Waals surface area contributed by atoms with E-state index in [9.17, 15) is 18.0 Å². The second-order valence-corrected chi connectivity index (χ2v) is 7.95. The zero-order valence-corrected chi connectivity index (χ0v) is 14.5. The van der Waals surface area contributed by atoms with E-state index in [2.05, 4.69) is 10.6 Å². The van der Waals surface area contributed by atoms with Crippen molar-refractivity contribution in [2.45, 2.75) is 25.8 Å². The van der Waals surface area contributed by atoms with Crippen LogP contribution in [0.2, 0.25) is 0 Å². The highest BCUT2D eigenvalue weighted by molar-refractivity contribution is 7.89. The van der Waals surface area contributed by atoms with Gasteiger partial charge in [-0.3, -0.25) is 9.59 Å². The average molecular weight is 353 g/mol. The van der Waals surface area contributed by atoms with E-state index in [-0.39, 0.29) is 30.2 Å². The fourth-order valence-electron chi connectivity index (χ4n) is 2.59. The summed E-state index contributed by atoms with van der Waals surface area (Å²) in [5.74, 6) is -0.471. The van der Waals surface area contributed by atoms with Gasteiger partial charge in [0.1, 0.15) is 0 Å². The maximum absolute atomic E-state index is 11.9. The molecule has 0 unspecified atom stereocenters. The SMILES string of the molecule is CCS(=O)(=O)N1CCC(NC(=O)CNC(=O)c2ccccc2)CC1. The number of piperidine rings is 1. The zero-order valence-electron chi connectivity index (χ0n) is 13.7. The summed E-state index contributed by atoms with van der Waals surface area (Å²) >= 11 is 0. The quantitative estimate of drug-likeness (QED) is 0.771. The summed E-state index contributed by atoms with van der Waals surface area (Å²) in [6, 6.07) is 8.62. The molecule has 1 fully saturated rings. The second-order valence-electron chi connectivity index (χ2n) is 5.69. The van der Waals surface area contributed by atoms with Gasteiger partial charge >= 0.3 is 0 Å². The summed E-state index contributed by atoms with van der Waals surface area (Å²) in [4.78, 5) is 23.8. The maximum atomic E-state index is 11.9. The molecule has 1 saturated heterocycles.